The lowest BCUT2D eigenvalue weighted by atomic mass is 10.2. The first-order valence-electron chi connectivity index (χ1n) is 5.40. The molecule has 0 aromatic carbocycles. The van der Waals surface area contributed by atoms with E-state index in [9.17, 15) is 13.2 Å². The Kier molecular flexibility index (Phi) is 3.87. The minimum absolute atomic E-state index is 0.0355. The number of aryl methyl sites for hydroxylation is 1. The van der Waals surface area contributed by atoms with Crippen molar-refractivity contribution in [3.8, 4) is 0 Å². The summed E-state index contributed by atoms with van der Waals surface area (Å²) in [6.45, 7) is 5.25. The second-order valence-corrected chi connectivity index (χ2v) is 6.77. The molecule has 0 aliphatic heterocycles. The molecule has 1 heterocycles. The molecule has 6 nitrogen and oxygen atoms in total. The number of hydrogen-bond donors (Lipinski definition) is 1. The third-order valence-corrected chi connectivity index (χ3v) is 3.55. The van der Waals surface area contributed by atoms with Crippen LogP contribution in [0, 0.1) is 0 Å². The molecule has 18 heavy (non-hydrogen) atoms. The van der Waals surface area contributed by atoms with Gasteiger partial charge >= 0.3 is 5.97 Å². The summed E-state index contributed by atoms with van der Waals surface area (Å²) < 4.78 is 32.0. The Morgan fingerprint density at radius 2 is 1.94 bits per heavy atom. The molecule has 0 atom stereocenters. The van der Waals surface area contributed by atoms with Crippen LogP contribution in [0.25, 0.3) is 0 Å². The van der Waals surface area contributed by atoms with Gasteiger partial charge in [-0.2, -0.15) is 0 Å². The van der Waals surface area contributed by atoms with Crippen LogP contribution in [0.1, 0.15) is 31.3 Å². The van der Waals surface area contributed by atoms with Gasteiger partial charge in [0.2, 0.25) is 10.0 Å². The van der Waals surface area contributed by atoms with Crippen molar-refractivity contribution in [1.29, 1.82) is 0 Å². The summed E-state index contributed by atoms with van der Waals surface area (Å²) in [4.78, 5) is 11.9. The largest absolute Gasteiger partial charge is 0.455 e. The van der Waals surface area contributed by atoms with Crippen LogP contribution < -0.4 is 4.72 Å². The summed E-state index contributed by atoms with van der Waals surface area (Å²) in [6.07, 6.45) is 1.37. The quantitative estimate of drug-likeness (QED) is 0.830. The number of sulfonamides is 1. The van der Waals surface area contributed by atoms with Crippen molar-refractivity contribution >= 4 is 16.0 Å². The van der Waals surface area contributed by atoms with Crippen LogP contribution in [0.2, 0.25) is 0 Å². The van der Waals surface area contributed by atoms with E-state index in [4.69, 9.17) is 4.74 Å². The molecule has 0 aliphatic rings. The molecule has 0 spiro atoms. The third kappa shape index (κ3) is 3.33. The van der Waals surface area contributed by atoms with Crippen molar-refractivity contribution in [3.05, 3.63) is 18.0 Å². The van der Waals surface area contributed by atoms with E-state index in [0.29, 0.717) is 0 Å². The monoisotopic (exact) mass is 274 g/mol. The minimum atomic E-state index is -3.56. The average Bonchev–Trinajstić information content (AvgIpc) is 2.58. The Balaban J connectivity index is 3.10. The second-order valence-electron chi connectivity index (χ2n) is 4.88. The van der Waals surface area contributed by atoms with Crippen LogP contribution in [0.5, 0.6) is 0 Å². The fraction of sp³-hybridized carbons (Fsp3) is 0.545. The number of rotatable bonds is 3. The molecule has 7 heteroatoms. The van der Waals surface area contributed by atoms with Crippen molar-refractivity contribution < 1.29 is 17.9 Å². The van der Waals surface area contributed by atoms with E-state index < -0.39 is 21.6 Å². The van der Waals surface area contributed by atoms with Gasteiger partial charge in [0.05, 0.1) is 0 Å². The summed E-state index contributed by atoms with van der Waals surface area (Å²) in [5, 5.41) is 0. The summed E-state index contributed by atoms with van der Waals surface area (Å²) in [5.41, 5.74) is -0.428. The van der Waals surface area contributed by atoms with E-state index >= 15 is 0 Å². The number of nitrogens with one attached hydrogen (secondary N) is 1. The number of ether oxygens (including phenoxy) is 1. The highest BCUT2D eigenvalue weighted by Gasteiger charge is 2.23. The molecule has 1 rings (SSSR count). The second kappa shape index (κ2) is 4.74. The zero-order chi connectivity index (χ0) is 14.1. The lowest BCUT2D eigenvalue weighted by Gasteiger charge is -2.19. The van der Waals surface area contributed by atoms with E-state index in [-0.39, 0.29) is 10.6 Å². The van der Waals surface area contributed by atoms with E-state index in [0.717, 1.165) is 0 Å². The third-order valence-electron chi connectivity index (χ3n) is 2.17. The number of carbonyl (C=O) groups is 1. The minimum Gasteiger partial charge on any atom is -0.455 e. The molecule has 0 aliphatic carbocycles. The topological polar surface area (TPSA) is 77.4 Å². The number of carbonyl (C=O) groups excluding carboxylic acids is 1. The summed E-state index contributed by atoms with van der Waals surface area (Å²) in [6, 6.07) is 1.29. The Labute approximate surface area is 107 Å². The Morgan fingerprint density at radius 1 is 1.39 bits per heavy atom. The fourth-order valence-electron chi connectivity index (χ4n) is 1.33. The van der Waals surface area contributed by atoms with E-state index in [1.54, 1.807) is 27.8 Å². The van der Waals surface area contributed by atoms with Crippen LogP contribution in [0.4, 0.5) is 0 Å². The van der Waals surface area contributed by atoms with Gasteiger partial charge < -0.3 is 9.30 Å². The predicted octanol–water partition coefficient (Wildman–Crippen LogP) is 0.888. The van der Waals surface area contributed by atoms with E-state index in [1.165, 1.54) is 23.9 Å². The number of esters is 1. The van der Waals surface area contributed by atoms with Gasteiger partial charge in [0, 0.05) is 13.2 Å². The van der Waals surface area contributed by atoms with Crippen LogP contribution in [-0.4, -0.2) is 31.6 Å². The zero-order valence-electron chi connectivity index (χ0n) is 11.1. The Morgan fingerprint density at radius 3 is 2.39 bits per heavy atom. The molecular formula is C11H18N2O4S. The first-order valence-corrected chi connectivity index (χ1v) is 6.88. The number of aromatic nitrogens is 1. The van der Waals surface area contributed by atoms with Crippen LogP contribution >= 0.6 is 0 Å². The van der Waals surface area contributed by atoms with Gasteiger partial charge in [-0.15, -0.1) is 0 Å². The average molecular weight is 274 g/mol. The zero-order valence-corrected chi connectivity index (χ0v) is 12.0. The maximum atomic E-state index is 11.9. The summed E-state index contributed by atoms with van der Waals surface area (Å²) in [5.74, 6) is -0.553. The van der Waals surface area contributed by atoms with Gasteiger partial charge in [0.1, 0.15) is 16.2 Å². The molecule has 0 fully saturated rings. The standard InChI is InChI=1S/C11H18N2O4S/c1-11(2,3)17-10(14)9-6-8(7-13(9)5)18(15,16)12-4/h6-7,12H,1-5H3. The highest BCUT2D eigenvalue weighted by Crippen LogP contribution is 2.17. The van der Waals surface area contributed by atoms with Gasteiger partial charge in [0.15, 0.2) is 0 Å². The maximum Gasteiger partial charge on any atom is 0.355 e. The van der Waals surface area contributed by atoms with Gasteiger partial charge in [-0.25, -0.2) is 17.9 Å². The summed E-state index contributed by atoms with van der Waals surface area (Å²) in [7, 11) is -0.650. The molecule has 1 N–H and O–H groups in total. The lowest BCUT2D eigenvalue weighted by molar-refractivity contribution is 0.00590. The number of nitrogens with zero attached hydrogens (tertiary/aromatic N) is 1. The molecular weight excluding hydrogens is 256 g/mol. The molecule has 0 unspecified atom stereocenters. The molecule has 102 valence electrons. The van der Waals surface area contributed by atoms with Crippen LogP contribution in [0.3, 0.4) is 0 Å². The Hall–Kier alpha value is -1.34. The van der Waals surface area contributed by atoms with Crippen LogP contribution in [-0.2, 0) is 21.8 Å². The first-order chi connectivity index (χ1) is 8.07. The Bertz CT molecular complexity index is 552. The van der Waals surface area contributed by atoms with Gasteiger partial charge in [-0.3, -0.25) is 0 Å². The molecule has 0 saturated carbocycles. The van der Waals surface area contributed by atoms with Crippen molar-refractivity contribution in [1.82, 2.24) is 9.29 Å². The maximum absolute atomic E-state index is 11.9. The van der Waals surface area contributed by atoms with E-state index in [2.05, 4.69) is 4.72 Å². The fourth-order valence-corrected chi connectivity index (χ4v) is 2.13. The van der Waals surface area contributed by atoms with Crippen molar-refractivity contribution in [3.63, 3.8) is 0 Å². The SMILES string of the molecule is CNS(=O)(=O)c1cc(C(=O)OC(C)(C)C)n(C)c1. The number of hydrogen-bond acceptors (Lipinski definition) is 4. The first kappa shape index (κ1) is 14.7. The smallest absolute Gasteiger partial charge is 0.355 e. The van der Waals surface area contributed by atoms with Gasteiger partial charge in [-0.05, 0) is 33.9 Å². The van der Waals surface area contributed by atoms with Gasteiger partial charge in [-0.1, -0.05) is 0 Å². The van der Waals surface area contributed by atoms with Crippen molar-refractivity contribution in [2.24, 2.45) is 7.05 Å². The van der Waals surface area contributed by atoms with Crippen molar-refractivity contribution in [2.75, 3.05) is 7.05 Å². The highest BCUT2D eigenvalue weighted by atomic mass is 32.2. The summed E-state index contributed by atoms with van der Waals surface area (Å²) >= 11 is 0. The molecule has 1 aromatic heterocycles. The highest BCUT2D eigenvalue weighted by molar-refractivity contribution is 7.89. The molecule has 0 bridgehead atoms. The lowest BCUT2D eigenvalue weighted by Crippen LogP contribution is -2.25. The molecule has 0 radical (unpaired) electrons. The van der Waals surface area contributed by atoms with E-state index in [1.807, 2.05) is 0 Å². The predicted molar refractivity (Wildman–Crippen MR) is 66.8 cm³/mol. The van der Waals surface area contributed by atoms with Crippen molar-refractivity contribution in [2.45, 2.75) is 31.3 Å². The molecule has 1 aromatic rings. The van der Waals surface area contributed by atoms with Gasteiger partial charge in [0.25, 0.3) is 0 Å². The van der Waals surface area contributed by atoms with Crippen LogP contribution in [0.15, 0.2) is 17.2 Å². The normalized spacial score (nSPS) is 12.5. The molecule has 0 amide bonds. The molecule has 0 saturated heterocycles.